The number of amides is 1. The number of hydrogen-bond donors (Lipinski definition) is 1. The van der Waals surface area contributed by atoms with Crippen molar-refractivity contribution in [1.82, 2.24) is 15.3 Å². The van der Waals surface area contributed by atoms with Crippen LogP contribution >= 0.6 is 0 Å². The minimum absolute atomic E-state index is 0.00792. The molecule has 0 unspecified atom stereocenters. The van der Waals surface area contributed by atoms with Gasteiger partial charge in [0.2, 0.25) is 17.7 Å². The lowest BCUT2D eigenvalue weighted by Crippen LogP contribution is -2.38. The van der Waals surface area contributed by atoms with Gasteiger partial charge in [-0.1, -0.05) is 0 Å². The zero-order valence-corrected chi connectivity index (χ0v) is 17.5. The quantitative estimate of drug-likeness (QED) is 0.550. The van der Waals surface area contributed by atoms with Crippen molar-refractivity contribution in [2.75, 3.05) is 13.2 Å². The predicted octanol–water partition coefficient (Wildman–Crippen LogP) is 4.36. The Hall–Kier alpha value is -3.30. The van der Waals surface area contributed by atoms with Gasteiger partial charge in [-0.3, -0.25) is 4.79 Å². The summed E-state index contributed by atoms with van der Waals surface area (Å²) >= 11 is 0. The number of nitrogens with one attached hydrogen (secondary N) is 1. The van der Waals surface area contributed by atoms with Gasteiger partial charge in [0, 0.05) is 37.8 Å². The highest BCUT2D eigenvalue weighted by molar-refractivity contribution is 5.77. The number of fused-ring (bicyclic) bond motifs is 1. The van der Waals surface area contributed by atoms with Crippen molar-refractivity contribution in [3.8, 4) is 23.1 Å². The minimum Gasteiger partial charge on any atom is -0.493 e. The first-order chi connectivity index (χ1) is 15.2. The van der Waals surface area contributed by atoms with Crippen molar-refractivity contribution in [2.45, 2.75) is 38.7 Å². The van der Waals surface area contributed by atoms with Crippen molar-refractivity contribution in [2.24, 2.45) is 5.92 Å². The number of carbonyl (C=O) groups excluding carboxylic acids is 1. The Morgan fingerprint density at radius 2 is 2.06 bits per heavy atom. The fraction of sp³-hybridized carbons (Fsp3) is 0.409. The van der Waals surface area contributed by atoms with E-state index in [-0.39, 0.29) is 61.3 Å². The van der Waals surface area contributed by atoms with Crippen LogP contribution in [0.25, 0.3) is 22.7 Å². The molecule has 0 bridgehead atoms. The third-order valence-corrected chi connectivity index (χ3v) is 4.99. The number of oxazole rings is 1. The number of hydrogen-bond acceptors (Lipinski definition) is 6. The summed E-state index contributed by atoms with van der Waals surface area (Å²) in [5, 5.41) is 2.66. The second-order valence-corrected chi connectivity index (χ2v) is 8.00. The van der Waals surface area contributed by atoms with Gasteiger partial charge in [-0.15, -0.1) is 0 Å². The molecule has 10 heteroatoms. The van der Waals surface area contributed by atoms with Crippen molar-refractivity contribution >= 4 is 17.0 Å². The monoisotopic (exact) mass is 449 g/mol. The van der Waals surface area contributed by atoms with E-state index in [0.29, 0.717) is 16.8 Å². The van der Waals surface area contributed by atoms with E-state index in [1.54, 1.807) is 25.1 Å². The van der Waals surface area contributed by atoms with Crippen LogP contribution in [-0.4, -0.2) is 41.1 Å². The number of alkyl halides is 2. The van der Waals surface area contributed by atoms with Crippen LogP contribution in [0.2, 0.25) is 0 Å². The largest absolute Gasteiger partial charge is 0.493 e. The van der Waals surface area contributed by atoms with Crippen LogP contribution < -0.4 is 14.8 Å². The van der Waals surface area contributed by atoms with Crippen LogP contribution in [0.15, 0.2) is 34.9 Å². The zero-order chi connectivity index (χ0) is 22.9. The molecule has 0 radical (unpaired) electrons. The molecule has 1 atom stereocenters. The van der Waals surface area contributed by atoms with E-state index >= 15 is 0 Å². The summed E-state index contributed by atoms with van der Waals surface area (Å²) in [4.78, 5) is 19.3. The molecule has 0 saturated heterocycles. The molecule has 4 rings (SSSR count). The lowest BCUT2D eigenvalue weighted by atomic mass is 9.82. The number of aromatic nitrogens is 2. The average molecular weight is 449 g/mol. The first kappa shape index (κ1) is 21.9. The van der Waals surface area contributed by atoms with Crippen molar-refractivity contribution in [1.29, 1.82) is 0 Å². The van der Waals surface area contributed by atoms with E-state index in [9.17, 15) is 18.0 Å². The number of pyridine rings is 1. The van der Waals surface area contributed by atoms with E-state index in [1.807, 2.05) is 0 Å². The van der Waals surface area contributed by atoms with Gasteiger partial charge in [-0.05, 0) is 19.1 Å². The maximum Gasteiger partial charge on any atom is 0.249 e. The molecule has 2 aromatic heterocycles. The zero-order valence-electron chi connectivity index (χ0n) is 17.5. The summed E-state index contributed by atoms with van der Waals surface area (Å²) in [5.41, 5.74) is 0.762. The van der Waals surface area contributed by atoms with Crippen LogP contribution in [0, 0.1) is 11.7 Å². The number of rotatable bonds is 8. The molecule has 1 aliphatic rings. The second kappa shape index (κ2) is 8.68. The van der Waals surface area contributed by atoms with Gasteiger partial charge in [0.1, 0.15) is 23.6 Å². The Balaban J connectivity index is 1.42. The van der Waals surface area contributed by atoms with E-state index in [2.05, 4.69) is 15.3 Å². The normalized spacial score (nSPS) is 16.4. The molecule has 1 aromatic carbocycles. The Morgan fingerprint density at radius 3 is 2.75 bits per heavy atom. The Labute approximate surface area is 181 Å². The maximum atomic E-state index is 14.6. The molecule has 0 spiro atoms. The van der Waals surface area contributed by atoms with Crippen LogP contribution in [0.3, 0.4) is 0 Å². The number of benzene rings is 1. The summed E-state index contributed by atoms with van der Waals surface area (Å²) in [5.74, 6) is -2.96. The van der Waals surface area contributed by atoms with Crippen LogP contribution in [-0.2, 0) is 4.79 Å². The SMILES string of the molecule is CC(=O)N[C@@H](C)COc1cnc(-c2nc3ccc(OCC4CC(F)(F)C4)cc3o2)c(F)c1. The van der Waals surface area contributed by atoms with Crippen LogP contribution in [0.5, 0.6) is 11.5 Å². The highest BCUT2D eigenvalue weighted by atomic mass is 19.3. The van der Waals surface area contributed by atoms with Gasteiger partial charge in [-0.2, -0.15) is 0 Å². The van der Waals surface area contributed by atoms with Gasteiger partial charge >= 0.3 is 0 Å². The molecule has 3 aromatic rings. The van der Waals surface area contributed by atoms with Crippen LogP contribution in [0.4, 0.5) is 13.2 Å². The highest BCUT2D eigenvalue weighted by Crippen LogP contribution is 2.42. The molecule has 32 heavy (non-hydrogen) atoms. The number of nitrogens with zero attached hydrogens (tertiary/aromatic N) is 2. The van der Waals surface area contributed by atoms with E-state index in [1.165, 1.54) is 19.2 Å². The fourth-order valence-corrected chi connectivity index (χ4v) is 3.48. The molecule has 1 amide bonds. The van der Waals surface area contributed by atoms with E-state index in [0.717, 1.165) is 0 Å². The minimum atomic E-state index is -2.58. The number of ether oxygens (including phenoxy) is 2. The van der Waals surface area contributed by atoms with Crippen LogP contribution in [0.1, 0.15) is 26.7 Å². The summed E-state index contributed by atoms with van der Waals surface area (Å²) in [7, 11) is 0. The molecule has 7 nitrogen and oxygen atoms in total. The van der Waals surface area contributed by atoms with Gasteiger partial charge in [-0.25, -0.2) is 23.1 Å². The van der Waals surface area contributed by atoms with Gasteiger partial charge < -0.3 is 19.2 Å². The van der Waals surface area contributed by atoms with Crippen molar-refractivity contribution < 1.29 is 31.9 Å². The standard InChI is InChI=1S/C22H22F3N3O4/c1-12(27-13(2)29)10-30-16-5-17(23)20(26-9-16)21-28-18-4-3-15(6-19(18)32-21)31-11-14-7-22(24,25)8-14/h3-6,9,12,14H,7-8,10-11H2,1-2H3,(H,27,29)/t12-/m0/s1. The molecular weight excluding hydrogens is 427 g/mol. The summed E-state index contributed by atoms with van der Waals surface area (Å²) < 4.78 is 57.1. The third kappa shape index (κ3) is 5.12. The Bertz CT molecular complexity index is 1130. The number of halogens is 3. The molecule has 170 valence electrons. The summed E-state index contributed by atoms with van der Waals surface area (Å²) in [6.07, 6.45) is 1.01. The molecule has 0 aliphatic heterocycles. The highest BCUT2D eigenvalue weighted by Gasteiger charge is 2.45. The second-order valence-electron chi connectivity index (χ2n) is 8.00. The van der Waals surface area contributed by atoms with E-state index in [4.69, 9.17) is 13.9 Å². The Morgan fingerprint density at radius 1 is 1.28 bits per heavy atom. The first-order valence-electron chi connectivity index (χ1n) is 10.2. The van der Waals surface area contributed by atoms with Crippen molar-refractivity contribution in [3.05, 3.63) is 36.3 Å². The summed E-state index contributed by atoms with van der Waals surface area (Å²) in [6, 6.07) is 5.81. The number of carbonyl (C=O) groups is 1. The smallest absolute Gasteiger partial charge is 0.249 e. The molecule has 1 aliphatic carbocycles. The molecule has 1 saturated carbocycles. The summed E-state index contributed by atoms with van der Waals surface area (Å²) in [6.45, 7) is 3.51. The molecule has 1 N–H and O–H groups in total. The maximum absolute atomic E-state index is 14.6. The molecule has 1 fully saturated rings. The predicted molar refractivity (Wildman–Crippen MR) is 109 cm³/mol. The average Bonchev–Trinajstić information content (AvgIpc) is 3.11. The Kier molecular flexibility index (Phi) is 5.94. The van der Waals surface area contributed by atoms with Crippen molar-refractivity contribution in [3.63, 3.8) is 0 Å². The van der Waals surface area contributed by atoms with Gasteiger partial charge in [0.05, 0.1) is 18.8 Å². The third-order valence-electron chi connectivity index (χ3n) is 4.99. The molecule has 2 heterocycles. The first-order valence-corrected chi connectivity index (χ1v) is 10.2. The molecular formula is C22H22F3N3O4. The van der Waals surface area contributed by atoms with Gasteiger partial charge in [0.25, 0.3) is 0 Å². The lowest BCUT2D eigenvalue weighted by Gasteiger charge is -2.34. The lowest BCUT2D eigenvalue weighted by molar-refractivity contribution is -0.120. The fourth-order valence-electron chi connectivity index (χ4n) is 3.48. The van der Waals surface area contributed by atoms with E-state index < -0.39 is 11.7 Å². The topological polar surface area (TPSA) is 86.5 Å². The van der Waals surface area contributed by atoms with Gasteiger partial charge in [0.15, 0.2) is 17.1 Å².